The van der Waals surface area contributed by atoms with Crippen molar-refractivity contribution in [2.75, 3.05) is 0 Å². The third kappa shape index (κ3) is 5.40. The first-order chi connectivity index (χ1) is 12.1. The second kappa shape index (κ2) is 9.32. The van der Waals surface area contributed by atoms with E-state index >= 15 is 0 Å². The van der Waals surface area contributed by atoms with Crippen molar-refractivity contribution < 1.29 is 0 Å². The number of hydrogen-bond acceptors (Lipinski definition) is 0. The fourth-order valence-electron chi connectivity index (χ4n) is 2.92. The van der Waals surface area contributed by atoms with Gasteiger partial charge in [-0.2, -0.15) is 0 Å². The van der Waals surface area contributed by atoms with Crippen LogP contribution in [0.5, 0.6) is 0 Å². The first kappa shape index (κ1) is 19.1. The van der Waals surface area contributed by atoms with E-state index in [0.717, 1.165) is 28.4 Å². The van der Waals surface area contributed by atoms with Gasteiger partial charge in [0.25, 0.3) is 0 Å². The number of benzene rings is 3. The van der Waals surface area contributed by atoms with Gasteiger partial charge in [0.15, 0.2) is 0 Å². The minimum absolute atomic E-state index is 0.860. The Morgan fingerprint density at radius 1 is 0.480 bits per heavy atom. The van der Waals surface area contributed by atoms with E-state index < -0.39 is 19.8 Å². The fourth-order valence-corrected chi connectivity index (χ4v) is 12.8. The molecule has 0 spiro atoms. The molecule has 0 heterocycles. The normalized spacial score (nSPS) is 10.7. The van der Waals surface area contributed by atoms with Crippen molar-refractivity contribution in [1.82, 2.24) is 0 Å². The van der Waals surface area contributed by atoms with E-state index in [1.807, 2.05) is 36.4 Å². The molecule has 0 fully saturated rings. The summed E-state index contributed by atoms with van der Waals surface area (Å²) in [4.78, 5) is 0. The van der Waals surface area contributed by atoms with Gasteiger partial charge in [0.05, 0.1) is 0 Å². The van der Waals surface area contributed by atoms with E-state index in [9.17, 15) is 0 Å². The van der Waals surface area contributed by atoms with Crippen LogP contribution in [0.3, 0.4) is 0 Å². The summed E-state index contributed by atoms with van der Waals surface area (Å²) in [6.07, 6.45) is 0. The Morgan fingerprint density at radius 3 is 1.04 bits per heavy atom. The van der Waals surface area contributed by atoms with Gasteiger partial charge in [0.1, 0.15) is 0 Å². The van der Waals surface area contributed by atoms with Crippen molar-refractivity contribution in [3.05, 3.63) is 105 Å². The SMILES string of the molecule is Clc1ccccc1[CH2][Sn+]([CH2]c1ccccc1Cl)[CH2]c1ccccc1Cl. The molecule has 3 aromatic rings. The molecular formula is C21H18Cl3Sn+. The fraction of sp³-hybridized carbons (Fsp3) is 0.143. The van der Waals surface area contributed by atoms with E-state index in [-0.39, 0.29) is 0 Å². The van der Waals surface area contributed by atoms with E-state index in [0.29, 0.717) is 0 Å². The summed E-state index contributed by atoms with van der Waals surface area (Å²) in [7, 11) is 0. The Balaban J connectivity index is 1.86. The van der Waals surface area contributed by atoms with E-state index in [4.69, 9.17) is 34.8 Å². The quantitative estimate of drug-likeness (QED) is 0.331. The summed E-state index contributed by atoms with van der Waals surface area (Å²) in [6.45, 7) is 0. The van der Waals surface area contributed by atoms with Crippen LogP contribution in [0.25, 0.3) is 0 Å². The van der Waals surface area contributed by atoms with Crippen LogP contribution in [-0.2, 0) is 13.3 Å². The molecule has 0 amide bonds. The van der Waals surface area contributed by atoms with Crippen LogP contribution >= 0.6 is 34.8 Å². The molecule has 4 heteroatoms. The molecule has 0 bridgehead atoms. The maximum absolute atomic E-state index is 6.42. The van der Waals surface area contributed by atoms with E-state index in [2.05, 4.69) is 36.4 Å². The molecule has 0 aromatic heterocycles. The average Bonchev–Trinajstić information content (AvgIpc) is 2.61. The van der Waals surface area contributed by atoms with Gasteiger partial charge < -0.3 is 0 Å². The van der Waals surface area contributed by atoms with E-state index in [1.54, 1.807) is 0 Å². The number of hydrogen-bond donors (Lipinski definition) is 0. The molecule has 25 heavy (non-hydrogen) atoms. The Bertz CT molecular complexity index is 735. The Hall–Kier alpha value is -0.671. The summed E-state index contributed by atoms with van der Waals surface area (Å²) in [5.74, 6) is 0. The summed E-state index contributed by atoms with van der Waals surface area (Å²) < 4.78 is 3.25. The van der Waals surface area contributed by atoms with Crippen LogP contribution in [0.1, 0.15) is 16.7 Å². The van der Waals surface area contributed by atoms with Gasteiger partial charge in [0.2, 0.25) is 0 Å². The number of rotatable bonds is 6. The molecule has 0 unspecified atom stereocenters. The molecular weight excluding hydrogens is 477 g/mol. The predicted molar refractivity (Wildman–Crippen MR) is 111 cm³/mol. The predicted octanol–water partition coefficient (Wildman–Crippen LogP) is 6.79. The van der Waals surface area contributed by atoms with Crippen molar-refractivity contribution >= 4 is 54.6 Å². The van der Waals surface area contributed by atoms with Crippen LogP contribution in [0.15, 0.2) is 72.8 Å². The van der Waals surface area contributed by atoms with Crippen LogP contribution in [-0.4, -0.2) is 19.8 Å². The van der Waals surface area contributed by atoms with Gasteiger partial charge >= 0.3 is 172 Å². The number of halogens is 3. The summed E-state index contributed by atoms with van der Waals surface area (Å²) in [5.41, 5.74) is 3.74. The zero-order valence-electron chi connectivity index (χ0n) is 13.7. The Kier molecular flexibility index (Phi) is 7.12. The van der Waals surface area contributed by atoms with Gasteiger partial charge in [-0.05, 0) is 0 Å². The van der Waals surface area contributed by atoms with Gasteiger partial charge in [-0.1, -0.05) is 0 Å². The molecule has 0 aliphatic heterocycles. The van der Waals surface area contributed by atoms with Crippen molar-refractivity contribution in [1.29, 1.82) is 0 Å². The molecule has 126 valence electrons. The third-order valence-corrected chi connectivity index (χ3v) is 12.8. The standard InChI is InChI=1S/3C7H6Cl.Sn/c3*1-6-4-2-3-5-7(6)8;/h3*2-5H,1H2;/q;;;+1. The summed E-state index contributed by atoms with van der Waals surface area (Å²) in [6, 6.07) is 24.5. The second-order valence-electron chi connectivity index (χ2n) is 6.05. The van der Waals surface area contributed by atoms with Gasteiger partial charge in [-0.25, -0.2) is 0 Å². The van der Waals surface area contributed by atoms with Crippen molar-refractivity contribution in [2.45, 2.75) is 13.3 Å². The molecule has 3 aromatic carbocycles. The van der Waals surface area contributed by atoms with Crippen molar-refractivity contribution in [2.24, 2.45) is 0 Å². The van der Waals surface area contributed by atoms with Gasteiger partial charge in [0, 0.05) is 0 Å². The molecule has 0 saturated carbocycles. The Labute approximate surface area is 171 Å². The van der Waals surface area contributed by atoms with E-state index in [1.165, 1.54) is 16.7 Å². The van der Waals surface area contributed by atoms with Crippen molar-refractivity contribution in [3.8, 4) is 0 Å². The first-order valence-electron chi connectivity index (χ1n) is 8.17. The third-order valence-electron chi connectivity index (χ3n) is 4.19. The Morgan fingerprint density at radius 2 is 0.760 bits per heavy atom. The molecule has 0 nitrogen and oxygen atoms in total. The van der Waals surface area contributed by atoms with Crippen molar-refractivity contribution in [3.63, 3.8) is 0 Å². The second-order valence-corrected chi connectivity index (χ2v) is 14.6. The molecule has 0 N–H and O–H groups in total. The van der Waals surface area contributed by atoms with Crippen LogP contribution in [0.2, 0.25) is 15.1 Å². The zero-order valence-corrected chi connectivity index (χ0v) is 18.8. The average molecular weight is 495 g/mol. The summed E-state index contributed by atoms with van der Waals surface area (Å²) >= 11 is 17.3. The molecule has 0 aliphatic carbocycles. The van der Waals surface area contributed by atoms with Crippen LogP contribution in [0.4, 0.5) is 0 Å². The zero-order chi connectivity index (χ0) is 17.6. The summed E-state index contributed by atoms with van der Waals surface area (Å²) in [5, 5.41) is 2.58. The molecule has 3 rings (SSSR count). The first-order valence-corrected chi connectivity index (χ1v) is 15.4. The molecule has 0 atom stereocenters. The molecule has 0 radical (unpaired) electrons. The van der Waals surface area contributed by atoms with Crippen LogP contribution in [0, 0.1) is 0 Å². The topological polar surface area (TPSA) is 0 Å². The van der Waals surface area contributed by atoms with Gasteiger partial charge in [-0.15, -0.1) is 0 Å². The molecule has 0 aliphatic rings. The maximum atomic E-state index is 6.42. The van der Waals surface area contributed by atoms with Gasteiger partial charge in [-0.3, -0.25) is 0 Å². The monoisotopic (exact) mass is 495 g/mol. The minimum atomic E-state index is -1.92. The van der Waals surface area contributed by atoms with Crippen LogP contribution < -0.4 is 0 Å². The molecule has 0 saturated heterocycles.